The number of carbonyl (C=O) groups is 12. The number of anilines is 1. The molecule has 4 fully saturated rings. The SMILES string of the molecule is Brc1ccn(Cc2ccccc2)n1.COc1ccc(C=O)cc1.COc1ccc(CN2C(=O)COCC2C(=O)O)cc1.COc1ccc(CN2C(=O)COCC2C(=O)OCc2ccccc2)cc1.COc1ccc(CN[C@H](CO)C(=O)O)cc1.N[C@H](CO)C(=O)O.O=C(Cl)CCl.O=C(OCc1ccccc1)C1COCC(=O)N1c1ccn(Cc2ccccc2)n1.O=C1COCC(C(=O)OCc2ccccc2)N1. The number of carboxylic acids is 3. The van der Waals surface area contributed by atoms with E-state index in [1.54, 1.807) is 106 Å². The van der Waals surface area contributed by atoms with Crippen molar-refractivity contribution >= 4 is 116 Å². The molecular formula is C101H111BrCl2N10O28. The Balaban J connectivity index is 0.000000225. The maximum absolute atomic E-state index is 12.7. The van der Waals surface area contributed by atoms with E-state index in [0.717, 1.165) is 73.6 Å². The van der Waals surface area contributed by atoms with Crippen molar-refractivity contribution in [3.63, 3.8) is 0 Å². The van der Waals surface area contributed by atoms with Crippen molar-refractivity contribution < 1.29 is 135 Å². The first kappa shape index (κ1) is 114. The predicted octanol–water partition coefficient (Wildman–Crippen LogP) is 9.14. The van der Waals surface area contributed by atoms with Crippen LogP contribution in [0.25, 0.3) is 0 Å². The number of ether oxygens (including phenoxy) is 11. The number of esters is 3. The van der Waals surface area contributed by atoms with Crippen LogP contribution in [0.2, 0.25) is 0 Å². The summed E-state index contributed by atoms with van der Waals surface area (Å²) in [5.41, 5.74) is 13.2. The molecule has 4 aliphatic rings. The number of aliphatic hydroxyl groups is 2. The maximum Gasteiger partial charge on any atom is 0.332 e. The Morgan fingerprint density at radius 2 is 0.824 bits per heavy atom. The van der Waals surface area contributed by atoms with Gasteiger partial charge in [-0.05, 0) is 139 Å². The Labute approximate surface area is 837 Å². The number of benzene rings is 9. The molecule has 9 aromatic carbocycles. The van der Waals surface area contributed by atoms with Crippen LogP contribution < -0.4 is 40.2 Å². The first-order valence-electron chi connectivity index (χ1n) is 43.6. The van der Waals surface area contributed by atoms with Crippen LogP contribution in [-0.2, 0) is 138 Å². The van der Waals surface area contributed by atoms with Gasteiger partial charge in [-0.2, -0.15) is 10.2 Å². The number of hydrogen-bond acceptors (Lipinski definition) is 29. The fourth-order valence-electron chi connectivity index (χ4n) is 12.6. The molecule has 4 amide bonds. The third-order valence-corrected chi connectivity index (χ3v) is 21.0. The number of nitrogens with one attached hydrogen (secondary N) is 2. The van der Waals surface area contributed by atoms with Crippen molar-refractivity contribution in [3.8, 4) is 23.0 Å². The molecule has 11 aromatic rings. The van der Waals surface area contributed by atoms with Crippen LogP contribution in [-0.4, -0.2) is 263 Å². The summed E-state index contributed by atoms with van der Waals surface area (Å²) in [6, 6.07) is 75.5. The Hall–Kier alpha value is -14.6. The van der Waals surface area contributed by atoms with Crippen LogP contribution in [0.5, 0.6) is 23.0 Å². The van der Waals surface area contributed by atoms with Gasteiger partial charge in [0.2, 0.25) is 23.0 Å². The van der Waals surface area contributed by atoms with Gasteiger partial charge < -0.3 is 98.5 Å². The number of aromatic nitrogens is 4. The first-order chi connectivity index (χ1) is 68.6. The van der Waals surface area contributed by atoms with E-state index in [2.05, 4.69) is 48.9 Å². The summed E-state index contributed by atoms with van der Waals surface area (Å²) in [5, 5.41) is 55.9. The van der Waals surface area contributed by atoms with Gasteiger partial charge in [0.05, 0.1) is 87.0 Å². The normalized spacial score (nSPS) is 15.3. The fourth-order valence-corrected chi connectivity index (χ4v) is 12.9. The molecule has 4 saturated heterocycles. The van der Waals surface area contributed by atoms with E-state index in [-0.39, 0.29) is 109 Å². The summed E-state index contributed by atoms with van der Waals surface area (Å²) in [5.74, 6) is -2.60. The molecule has 6 atom stereocenters. The van der Waals surface area contributed by atoms with E-state index in [1.165, 1.54) is 20.3 Å². The number of carbonyl (C=O) groups excluding carboxylic acids is 9. The van der Waals surface area contributed by atoms with Gasteiger partial charge in [-0.15, -0.1) is 11.6 Å². The molecule has 9 N–H and O–H groups in total. The third kappa shape index (κ3) is 41.8. The number of rotatable bonds is 32. The van der Waals surface area contributed by atoms with Gasteiger partial charge in [0.1, 0.15) is 92.2 Å². The molecule has 0 spiro atoms. The van der Waals surface area contributed by atoms with Crippen LogP contribution in [0.3, 0.4) is 0 Å². The van der Waals surface area contributed by atoms with E-state index < -0.39 is 90.5 Å². The molecular weight excluding hydrogens is 1950 g/mol. The lowest BCUT2D eigenvalue weighted by molar-refractivity contribution is -0.168. The number of carboxylic acid groups (broad SMARTS) is 3. The first-order valence-corrected chi connectivity index (χ1v) is 45.3. The predicted molar refractivity (Wildman–Crippen MR) is 522 cm³/mol. The van der Waals surface area contributed by atoms with Crippen molar-refractivity contribution in [2.75, 3.05) is 105 Å². The summed E-state index contributed by atoms with van der Waals surface area (Å²) < 4.78 is 61.0. The topological polar surface area (TPSA) is 503 Å². The minimum Gasteiger partial charge on any atom is -0.497 e. The molecule has 142 heavy (non-hydrogen) atoms. The molecule has 41 heteroatoms. The summed E-state index contributed by atoms with van der Waals surface area (Å²) in [4.78, 5) is 139. The van der Waals surface area contributed by atoms with E-state index in [1.807, 2.05) is 193 Å². The van der Waals surface area contributed by atoms with Crippen molar-refractivity contribution in [2.24, 2.45) is 5.73 Å². The Morgan fingerprint density at radius 3 is 1.20 bits per heavy atom. The number of aldehydes is 1. The zero-order valence-electron chi connectivity index (χ0n) is 77.9. The zero-order valence-corrected chi connectivity index (χ0v) is 81.0. The van der Waals surface area contributed by atoms with Crippen LogP contribution in [0.15, 0.2) is 278 Å². The average molecular weight is 2060 g/mol. The monoisotopic (exact) mass is 2060 g/mol. The van der Waals surface area contributed by atoms with Crippen LogP contribution in [0, 0.1) is 0 Å². The molecule has 2 aromatic heterocycles. The third-order valence-electron chi connectivity index (χ3n) is 20.1. The number of nitrogens with zero attached hydrogens (tertiary/aromatic N) is 7. The molecule has 6 heterocycles. The number of alkyl halides is 1. The van der Waals surface area contributed by atoms with Crippen molar-refractivity contribution in [2.45, 2.75) is 88.8 Å². The van der Waals surface area contributed by atoms with Gasteiger partial charge in [-0.1, -0.05) is 188 Å². The van der Waals surface area contributed by atoms with Gasteiger partial charge in [0, 0.05) is 43.7 Å². The molecule has 0 saturated carbocycles. The molecule has 4 aliphatic heterocycles. The number of methoxy groups -OCH3 is 4. The highest BCUT2D eigenvalue weighted by molar-refractivity contribution is 9.10. The maximum atomic E-state index is 12.7. The molecule has 754 valence electrons. The summed E-state index contributed by atoms with van der Waals surface area (Å²) in [7, 11) is 6.34. The number of nitrogens with two attached hydrogens (primary N) is 1. The quantitative estimate of drug-likeness (QED) is 0.00640. The van der Waals surface area contributed by atoms with Gasteiger partial charge in [-0.3, -0.25) is 57.9 Å². The standard InChI is InChI=1S/C22H21N3O4.C20H21NO5.C13H15NO5.C12H13NO4.C11H15NO4.C10H9BrN2.C8H8O2.C3H7NO3.C2H2Cl2O/c26-21-16-28-15-19(22(27)29-14-18-9-5-2-6-10-18)25(21)20-11-12-24(23-20)13-17-7-3-1-4-8-17;1-24-17-9-7-15(8-10-17)11-21-18(13-25-14-19(21)22)20(23)26-12-16-5-3-2-4-6-16;1-18-10-4-2-9(3-5-10)6-14-11(13(16)17)7-19-8-12(14)15;14-11-8-16-7-10(13-11)12(15)17-6-9-4-2-1-3-5-9;1-16-9-4-2-8(3-5-9)6-12-10(7-13)11(14)15;11-10-6-7-13(12-10)8-9-4-2-1-3-5-9;1-10-8-4-2-7(6-9)3-5-8;4-2(1-5)3(6)7;3-1-2(4)5/h1-12,19H,13-16H2;2-10,18H,11-14H2,1H3;2-5,11H,6-8H2,1H3,(H,16,17);1-5,10H,6-8H2,(H,13,14);2-5,10,12-13H,6-7H2,1H3,(H,14,15);1-7H,8H2;2-6H,1H3;2,5H,1,4H2,(H,6,7);1H2/t;;;;10-;;;2-;/m....1..1./s1. The molecule has 0 aliphatic carbocycles. The van der Waals surface area contributed by atoms with Crippen molar-refractivity contribution in [1.82, 2.24) is 40.0 Å². The number of morpholine rings is 4. The minimum absolute atomic E-state index is 0.00245. The number of halogens is 3. The summed E-state index contributed by atoms with van der Waals surface area (Å²) in [6.45, 7) is 2.15. The van der Waals surface area contributed by atoms with E-state index >= 15 is 0 Å². The summed E-state index contributed by atoms with van der Waals surface area (Å²) in [6.07, 6.45) is 4.55. The smallest absolute Gasteiger partial charge is 0.332 e. The highest BCUT2D eigenvalue weighted by Crippen LogP contribution is 2.24. The van der Waals surface area contributed by atoms with Crippen molar-refractivity contribution in [1.29, 1.82) is 0 Å². The van der Waals surface area contributed by atoms with Crippen LogP contribution in [0.1, 0.15) is 54.9 Å². The molecule has 15 rings (SSSR count). The summed E-state index contributed by atoms with van der Waals surface area (Å²) >= 11 is 12.9. The van der Waals surface area contributed by atoms with Crippen LogP contribution in [0.4, 0.5) is 5.82 Å². The lowest BCUT2D eigenvalue weighted by Crippen LogP contribution is -2.54. The minimum atomic E-state index is -1.18. The molecule has 4 unspecified atom stereocenters. The van der Waals surface area contributed by atoms with E-state index in [0.29, 0.717) is 36.8 Å². The van der Waals surface area contributed by atoms with E-state index in [9.17, 15) is 57.5 Å². The second kappa shape index (κ2) is 63.9. The zero-order chi connectivity index (χ0) is 103. The van der Waals surface area contributed by atoms with Crippen molar-refractivity contribution in [3.05, 3.63) is 328 Å². The highest BCUT2D eigenvalue weighted by Gasteiger charge is 2.39. The van der Waals surface area contributed by atoms with E-state index in [4.69, 9.17) is 107 Å². The van der Waals surface area contributed by atoms with Gasteiger partial charge >= 0.3 is 35.8 Å². The lowest BCUT2D eigenvalue weighted by Gasteiger charge is -2.33. The second-order valence-corrected chi connectivity index (χ2v) is 31.8. The Morgan fingerprint density at radius 1 is 0.458 bits per heavy atom. The fraction of sp³-hybridized carbons (Fsp3) is 0.287. The number of aliphatic carboxylic acids is 3. The largest absolute Gasteiger partial charge is 0.497 e. The Kier molecular flexibility index (Phi) is 51.4. The van der Waals surface area contributed by atoms with Gasteiger partial charge in [-0.25, -0.2) is 19.2 Å². The number of amides is 4. The van der Waals surface area contributed by atoms with Gasteiger partial charge in [0.15, 0.2) is 30.0 Å². The molecule has 0 bridgehead atoms. The number of hydrogen-bond donors (Lipinski definition) is 8. The average Bonchev–Trinajstić information content (AvgIpc) is 1.58. The van der Waals surface area contributed by atoms with Crippen LogP contribution >= 0.6 is 39.1 Å². The number of aliphatic hydroxyl groups excluding tert-OH is 2. The lowest BCUT2D eigenvalue weighted by atomic mass is 10.1. The highest BCUT2D eigenvalue weighted by atomic mass is 79.9. The Bertz CT molecular complexity index is 5680. The second-order valence-electron chi connectivity index (χ2n) is 30.3. The van der Waals surface area contributed by atoms with Gasteiger partial charge in [0.25, 0.3) is 5.91 Å². The molecule has 38 nitrogen and oxygen atoms in total. The molecule has 0 radical (unpaired) electrons.